The van der Waals surface area contributed by atoms with Gasteiger partial charge in [-0.1, -0.05) is 17.3 Å². The number of methoxy groups -OCH3 is 2. The van der Waals surface area contributed by atoms with Gasteiger partial charge in [-0.05, 0) is 41.8 Å². The largest absolute Gasteiger partial charge is 0.493 e. The third kappa shape index (κ3) is 2.85. The number of carbonyl (C=O) groups excluding carboxylic acids is 1. The fourth-order valence-corrected chi connectivity index (χ4v) is 3.36. The number of ether oxygens (including phenoxy) is 2. The van der Waals surface area contributed by atoms with E-state index in [0.717, 1.165) is 28.8 Å². The van der Waals surface area contributed by atoms with Crippen LogP contribution in [0.5, 0.6) is 11.5 Å². The molecule has 0 radical (unpaired) electrons. The summed E-state index contributed by atoms with van der Waals surface area (Å²) in [6.07, 6.45) is 0.791. The van der Waals surface area contributed by atoms with Crippen molar-refractivity contribution >= 4 is 16.9 Å². The highest BCUT2D eigenvalue weighted by Gasteiger charge is 2.23. The summed E-state index contributed by atoms with van der Waals surface area (Å²) in [5.74, 6) is 1.43. The molecule has 0 aliphatic carbocycles. The van der Waals surface area contributed by atoms with E-state index in [9.17, 15) is 4.79 Å². The maximum atomic E-state index is 12.8. The number of carbonyl (C=O) groups is 1. The SMILES string of the molecule is COc1cc2c(cc1OC)CN(C(=O)Cn1nnc3ccccc31)CC2. The minimum absolute atomic E-state index is 0.0288. The number of hydrogen-bond acceptors (Lipinski definition) is 5. The van der Waals surface area contributed by atoms with E-state index < -0.39 is 0 Å². The molecule has 4 rings (SSSR count). The molecule has 0 atom stereocenters. The third-order valence-electron chi connectivity index (χ3n) is 4.78. The average molecular weight is 352 g/mol. The van der Waals surface area contributed by atoms with E-state index in [1.54, 1.807) is 18.9 Å². The van der Waals surface area contributed by atoms with Crippen molar-refractivity contribution < 1.29 is 14.3 Å². The zero-order valence-electron chi connectivity index (χ0n) is 14.8. The Hall–Kier alpha value is -3.09. The van der Waals surface area contributed by atoms with E-state index in [0.29, 0.717) is 18.8 Å². The summed E-state index contributed by atoms with van der Waals surface area (Å²) in [6.45, 7) is 1.41. The van der Waals surface area contributed by atoms with Gasteiger partial charge in [0.15, 0.2) is 11.5 Å². The van der Waals surface area contributed by atoms with Gasteiger partial charge in [-0.2, -0.15) is 0 Å². The Morgan fingerprint density at radius 3 is 2.62 bits per heavy atom. The Balaban J connectivity index is 1.54. The van der Waals surface area contributed by atoms with Crippen LogP contribution >= 0.6 is 0 Å². The highest BCUT2D eigenvalue weighted by atomic mass is 16.5. The summed E-state index contributed by atoms with van der Waals surface area (Å²) in [5.41, 5.74) is 3.94. The van der Waals surface area contributed by atoms with Gasteiger partial charge in [0.25, 0.3) is 0 Å². The van der Waals surface area contributed by atoms with Crippen LogP contribution in [0.1, 0.15) is 11.1 Å². The van der Waals surface area contributed by atoms with Gasteiger partial charge >= 0.3 is 0 Å². The lowest BCUT2D eigenvalue weighted by atomic mass is 9.98. The molecule has 3 aromatic rings. The molecule has 26 heavy (non-hydrogen) atoms. The predicted molar refractivity (Wildman–Crippen MR) is 96.2 cm³/mol. The lowest BCUT2D eigenvalue weighted by Gasteiger charge is -2.29. The molecule has 134 valence electrons. The van der Waals surface area contributed by atoms with Gasteiger partial charge in [0.05, 0.1) is 19.7 Å². The van der Waals surface area contributed by atoms with Gasteiger partial charge in [-0.15, -0.1) is 5.10 Å². The van der Waals surface area contributed by atoms with Crippen LogP contribution in [0.2, 0.25) is 0 Å². The molecular formula is C19H20N4O3. The Labute approximate surface area is 151 Å². The molecule has 0 N–H and O–H groups in total. The van der Waals surface area contributed by atoms with E-state index in [-0.39, 0.29) is 12.5 Å². The summed E-state index contributed by atoms with van der Waals surface area (Å²) < 4.78 is 12.4. The Morgan fingerprint density at radius 2 is 1.85 bits per heavy atom. The number of aromatic nitrogens is 3. The summed E-state index contributed by atoms with van der Waals surface area (Å²) >= 11 is 0. The maximum absolute atomic E-state index is 12.8. The molecule has 0 bridgehead atoms. The molecule has 0 spiro atoms. The monoisotopic (exact) mass is 352 g/mol. The molecule has 1 amide bonds. The van der Waals surface area contributed by atoms with Crippen molar-refractivity contribution in [2.24, 2.45) is 0 Å². The lowest BCUT2D eigenvalue weighted by molar-refractivity contribution is -0.132. The van der Waals surface area contributed by atoms with Crippen molar-refractivity contribution in [3.63, 3.8) is 0 Å². The molecule has 0 saturated carbocycles. The van der Waals surface area contributed by atoms with E-state index in [1.165, 1.54) is 5.56 Å². The second-order valence-corrected chi connectivity index (χ2v) is 6.28. The number of rotatable bonds is 4. The fraction of sp³-hybridized carbons (Fsp3) is 0.316. The first-order chi connectivity index (χ1) is 12.7. The molecular weight excluding hydrogens is 332 g/mol. The molecule has 1 aliphatic heterocycles. The van der Waals surface area contributed by atoms with Gasteiger partial charge in [-0.25, -0.2) is 4.68 Å². The summed E-state index contributed by atoms with van der Waals surface area (Å²) in [5, 5.41) is 8.21. The quantitative estimate of drug-likeness (QED) is 0.719. The van der Waals surface area contributed by atoms with E-state index in [4.69, 9.17) is 9.47 Å². The van der Waals surface area contributed by atoms with Gasteiger partial charge in [0.1, 0.15) is 12.1 Å². The number of amides is 1. The van der Waals surface area contributed by atoms with Crippen molar-refractivity contribution in [1.82, 2.24) is 19.9 Å². The highest BCUT2D eigenvalue weighted by molar-refractivity contribution is 5.80. The van der Waals surface area contributed by atoms with Gasteiger partial charge in [0.2, 0.25) is 5.91 Å². The van der Waals surface area contributed by atoms with Crippen LogP contribution in [-0.4, -0.2) is 46.6 Å². The number of benzene rings is 2. The van der Waals surface area contributed by atoms with Crippen LogP contribution in [0.3, 0.4) is 0 Å². The number of fused-ring (bicyclic) bond motifs is 2. The Morgan fingerprint density at radius 1 is 1.12 bits per heavy atom. The maximum Gasteiger partial charge on any atom is 0.244 e. The molecule has 2 heterocycles. The highest BCUT2D eigenvalue weighted by Crippen LogP contribution is 2.33. The summed E-state index contributed by atoms with van der Waals surface area (Å²) in [7, 11) is 3.25. The van der Waals surface area contributed by atoms with Gasteiger partial charge in [-0.3, -0.25) is 4.79 Å². The standard InChI is InChI=1S/C19H20N4O3/c1-25-17-9-13-7-8-22(11-14(13)10-18(17)26-2)19(24)12-23-16-6-4-3-5-15(16)20-21-23/h3-6,9-10H,7-8,11-12H2,1-2H3. The minimum Gasteiger partial charge on any atom is -0.493 e. The van der Waals surface area contributed by atoms with Crippen LogP contribution in [-0.2, 0) is 24.3 Å². The molecule has 0 saturated heterocycles. The van der Waals surface area contributed by atoms with Crippen LogP contribution in [0.4, 0.5) is 0 Å². The second kappa shape index (κ2) is 6.67. The normalized spacial score (nSPS) is 13.5. The number of nitrogens with zero attached hydrogens (tertiary/aromatic N) is 4. The topological polar surface area (TPSA) is 69.5 Å². The van der Waals surface area contributed by atoms with Crippen LogP contribution in [0.15, 0.2) is 36.4 Å². The Bertz CT molecular complexity index is 967. The fourth-order valence-electron chi connectivity index (χ4n) is 3.36. The summed E-state index contributed by atoms with van der Waals surface area (Å²) in [6, 6.07) is 11.6. The number of para-hydroxylation sites is 1. The average Bonchev–Trinajstić information content (AvgIpc) is 3.09. The zero-order valence-corrected chi connectivity index (χ0v) is 14.8. The zero-order chi connectivity index (χ0) is 18.1. The minimum atomic E-state index is 0.0288. The smallest absolute Gasteiger partial charge is 0.244 e. The van der Waals surface area contributed by atoms with Crippen LogP contribution in [0.25, 0.3) is 11.0 Å². The second-order valence-electron chi connectivity index (χ2n) is 6.28. The first-order valence-corrected chi connectivity index (χ1v) is 8.49. The molecule has 1 aliphatic rings. The summed E-state index contributed by atoms with van der Waals surface area (Å²) in [4.78, 5) is 14.6. The molecule has 0 unspecified atom stereocenters. The molecule has 7 nitrogen and oxygen atoms in total. The first kappa shape index (κ1) is 16.4. The molecule has 2 aromatic carbocycles. The van der Waals surface area contributed by atoms with Crippen molar-refractivity contribution in [2.75, 3.05) is 20.8 Å². The van der Waals surface area contributed by atoms with E-state index in [2.05, 4.69) is 10.3 Å². The lowest BCUT2D eigenvalue weighted by Crippen LogP contribution is -2.38. The van der Waals surface area contributed by atoms with E-state index in [1.807, 2.05) is 41.3 Å². The Kier molecular flexibility index (Phi) is 4.20. The van der Waals surface area contributed by atoms with Crippen molar-refractivity contribution in [1.29, 1.82) is 0 Å². The van der Waals surface area contributed by atoms with E-state index >= 15 is 0 Å². The van der Waals surface area contributed by atoms with Crippen molar-refractivity contribution in [2.45, 2.75) is 19.5 Å². The van der Waals surface area contributed by atoms with Crippen molar-refractivity contribution in [3.8, 4) is 11.5 Å². The van der Waals surface area contributed by atoms with Crippen molar-refractivity contribution in [3.05, 3.63) is 47.5 Å². The van der Waals surface area contributed by atoms with Gasteiger partial charge in [0, 0.05) is 13.1 Å². The molecule has 1 aromatic heterocycles. The van der Waals surface area contributed by atoms with Gasteiger partial charge < -0.3 is 14.4 Å². The van der Waals surface area contributed by atoms with Crippen LogP contribution in [0, 0.1) is 0 Å². The molecule has 7 heteroatoms. The predicted octanol–water partition coefficient (Wildman–Crippen LogP) is 2.03. The molecule has 0 fully saturated rings. The third-order valence-corrected chi connectivity index (χ3v) is 4.78. The first-order valence-electron chi connectivity index (χ1n) is 8.49. The number of hydrogen-bond donors (Lipinski definition) is 0. The van der Waals surface area contributed by atoms with Crippen LogP contribution < -0.4 is 9.47 Å².